The Hall–Kier alpha value is 0.177. The van der Waals surface area contributed by atoms with Crippen LogP contribution in [0.4, 0.5) is 0 Å². The van der Waals surface area contributed by atoms with Crippen LogP contribution < -0.4 is 0 Å². The van der Waals surface area contributed by atoms with Gasteiger partial charge in [-0.2, -0.15) is 0 Å². The van der Waals surface area contributed by atoms with E-state index in [1.165, 1.54) is 19.3 Å². The molecule has 0 spiro atoms. The Bertz CT molecular complexity index is 128. The molecule has 0 amide bonds. The fraction of sp³-hybridized carbons (Fsp3) is 1.00. The predicted molar refractivity (Wildman–Crippen MR) is 57.9 cm³/mol. The molecular formula is C10H24OSi. The van der Waals surface area contributed by atoms with Crippen molar-refractivity contribution in [2.24, 2.45) is 0 Å². The Balaban J connectivity index is 4.24. The van der Waals surface area contributed by atoms with Crippen molar-refractivity contribution in [3.05, 3.63) is 0 Å². The summed E-state index contributed by atoms with van der Waals surface area (Å²) < 4.78 is 0. The van der Waals surface area contributed by atoms with E-state index in [-0.39, 0.29) is 5.04 Å². The molecule has 0 aromatic heterocycles. The van der Waals surface area contributed by atoms with E-state index in [4.69, 9.17) is 0 Å². The van der Waals surface area contributed by atoms with E-state index in [0.717, 1.165) is 6.42 Å². The molecule has 0 bridgehead atoms. The molecule has 0 radical (unpaired) electrons. The highest BCUT2D eigenvalue weighted by molar-refractivity contribution is 6.72. The van der Waals surface area contributed by atoms with Gasteiger partial charge in [-0.3, -0.25) is 0 Å². The first kappa shape index (κ1) is 12.2. The topological polar surface area (TPSA) is 20.2 Å². The maximum Gasteiger partial charge on any atom is 0.188 e. The second-order valence-electron chi connectivity index (χ2n) is 4.58. The van der Waals surface area contributed by atoms with Crippen molar-refractivity contribution in [1.82, 2.24) is 0 Å². The fourth-order valence-corrected chi connectivity index (χ4v) is 3.14. The molecule has 0 aliphatic rings. The predicted octanol–water partition coefficient (Wildman–Crippen LogP) is 3.54. The van der Waals surface area contributed by atoms with E-state index in [2.05, 4.69) is 33.9 Å². The summed E-state index contributed by atoms with van der Waals surface area (Å²) in [6.07, 6.45) is 4.79. The van der Waals surface area contributed by atoms with Gasteiger partial charge in [-0.15, -0.1) is 0 Å². The first-order valence-electron chi connectivity index (χ1n) is 5.09. The van der Waals surface area contributed by atoms with Crippen molar-refractivity contribution in [2.75, 3.05) is 0 Å². The monoisotopic (exact) mass is 188 g/mol. The lowest BCUT2D eigenvalue weighted by Crippen LogP contribution is -2.40. The fourth-order valence-electron chi connectivity index (χ4n) is 1.48. The van der Waals surface area contributed by atoms with Crippen molar-refractivity contribution in [3.63, 3.8) is 0 Å². The molecule has 0 saturated carbocycles. The summed E-state index contributed by atoms with van der Waals surface area (Å²) in [5.41, 5.74) is 0. The smallest absolute Gasteiger partial charge is 0.188 e. The van der Waals surface area contributed by atoms with Crippen molar-refractivity contribution >= 4 is 8.32 Å². The summed E-state index contributed by atoms with van der Waals surface area (Å²) in [6.45, 7) is 10.8. The average Bonchev–Trinajstić information content (AvgIpc) is 1.98. The van der Waals surface area contributed by atoms with Crippen LogP contribution in [0.25, 0.3) is 0 Å². The normalized spacial score (nSPS) is 17.5. The third-order valence-electron chi connectivity index (χ3n) is 3.34. The Morgan fingerprint density at radius 1 is 1.25 bits per heavy atom. The van der Waals surface area contributed by atoms with Gasteiger partial charge in [-0.1, -0.05) is 40.0 Å². The molecule has 1 N–H and O–H groups in total. The zero-order valence-electron chi connectivity index (χ0n) is 9.28. The number of hydrogen-bond donors (Lipinski definition) is 1. The molecule has 0 fully saturated rings. The average molecular weight is 188 g/mol. The summed E-state index contributed by atoms with van der Waals surface area (Å²) >= 11 is 0. The Labute approximate surface area is 78.3 Å². The van der Waals surface area contributed by atoms with E-state index in [1.54, 1.807) is 0 Å². The van der Waals surface area contributed by atoms with E-state index in [9.17, 15) is 4.80 Å². The maximum absolute atomic E-state index is 10.1. The zero-order chi connectivity index (χ0) is 9.83. The maximum atomic E-state index is 10.1. The van der Waals surface area contributed by atoms with Crippen LogP contribution in [0.5, 0.6) is 0 Å². The molecule has 2 heteroatoms. The second-order valence-corrected chi connectivity index (χ2v) is 8.90. The number of unbranched alkanes of at least 4 members (excludes halogenated alkanes) is 1. The van der Waals surface area contributed by atoms with Gasteiger partial charge in [0, 0.05) is 0 Å². The molecule has 12 heavy (non-hydrogen) atoms. The minimum atomic E-state index is -1.95. The van der Waals surface area contributed by atoms with Crippen LogP contribution in [-0.4, -0.2) is 13.1 Å². The van der Waals surface area contributed by atoms with Crippen LogP contribution in [0, 0.1) is 0 Å². The number of rotatable bonds is 5. The van der Waals surface area contributed by atoms with Crippen molar-refractivity contribution in [2.45, 2.75) is 64.6 Å². The Kier molecular flexibility index (Phi) is 4.49. The molecule has 74 valence electrons. The largest absolute Gasteiger partial charge is 0.432 e. The minimum Gasteiger partial charge on any atom is -0.432 e. The van der Waals surface area contributed by atoms with Crippen LogP contribution in [-0.2, 0) is 0 Å². The lowest BCUT2D eigenvalue weighted by atomic mass is 10.0. The van der Waals surface area contributed by atoms with Crippen molar-refractivity contribution < 1.29 is 4.80 Å². The summed E-state index contributed by atoms with van der Waals surface area (Å²) in [4.78, 5) is 10.1. The molecule has 0 aliphatic heterocycles. The molecular weight excluding hydrogens is 164 g/mol. The molecule has 1 unspecified atom stereocenters. The Morgan fingerprint density at radius 3 is 2.00 bits per heavy atom. The first-order valence-corrected chi connectivity index (χ1v) is 8.04. The van der Waals surface area contributed by atoms with Crippen molar-refractivity contribution in [3.8, 4) is 0 Å². The molecule has 0 heterocycles. The van der Waals surface area contributed by atoms with E-state index in [1.807, 2.05) is 0 Å². The third-order valence-corrected chi connectivity index (χ3v) is 6.90. The van der Waals surface area contributed by atoms with Gasteiger partial charge in [0.05, 0.1) is 0 Å². The summed E-state index contributed by atoms with van der Waals surface area (Å²) in [5, 5.41) is 0.225. The van der Waals surface area contributed by atoms with E-state index >= 15 is 0 Å². The lowest BCUT2D eigenvalue weighted by Gasteiger charge is -2.38. The van der Waals surface area contributed by atoms with Gasteiger partial charge in [0.15, 0.2) is 8.32 Å². The van der Waals surface area contributed by atoms with Crippen molar-refractivity contribution in [1.29, 1.82) is 0 Å². The van der Waals surface area contributed by atoms with Crippen LogP contribution in [0.15, 0.2) is 0 Å². The second kappa shape index (κ2) is 4.42. The minimum absolute atomic E-state index is 0.225. The first-order chi connectivity index (χ1) is 5.37. The van der Waals surface area contributed by atoms with E-state index in [0.29, 0.717) is 0 Å². The van der Waals surface area contributed by atoms with Gasteiger partial charge in [-0.05, 0) is 24.6 Å². The van der Waals surface area contributed by atoms with Crippen LogP contribution >= 0.6 is 0 Å². The molecule has 1 nitrogen and oxygen atoms in total. The molecule has 0 saturated heterocycles. The SMILES string of the molecule is CCCCC(C)(CC)[Si](C)(C)O. The number of hydrogen-bond acceptors (Lipinski definition) is 1. The molecule has 0 rings (SSSR count). The van der Waals surface area contributed by atoms with Crippen LogP contribution in [0.3, 0.4) is 0 Å². The van der Waals surface area contributed by atoms with Gasteiger partial charge >= 0.3 is 0 Å². The summed E-state index contributed by atoms with van der Waals surface area (Å²) in [5.74, 6) is 0. The highest BCUT2D eigenvalue weighted by atomic mass is 28.4. The zero-order valence-corrected chi connectivity index (χ0v) is 10.3. The molecule has 0 aromatic carbocycles. The van der Waals surface area contributed by atoms with E-state index < -0.39 is 8.32 Å². The van der Waals surface area contributed by atoms with Crippen LogP contribution in [0.1, 0.15) is 46.5 Å². The highest BCUT2D eigenvalue weighted by Crippen LogP contribution is 2.43. The molecule has 1 atom stereocenters. The standard InChI is InChI=1S/C10H24OSi/c1-6-8-9-10(3,7-2)12(4,5)11/h11H,6-9H2,1-5H3. The highest BCUT2D eigenvalue weighted by Gasteiger charge is 2.39. The van der Waals surface area contributed by atoms with Gasteiger partial charge in [0.25, 0.3) is 0 Å². The van der Waals surface area contributed by atoms with Gasteiger partial charge in [0.2, 0.25) is 0 Å². The van der Waals surface area contributed by atoms with Crippen LogP contribution in [0.2, 0.25) is 18.1 Å². The summed E-state index contributed by atoms with van der Waals surface area (Å²) in [6, 6.07) is 0. The summed E-state index contributed by atoms with van der Waals surface area (Å²) in [7, 11) is -1.95. The quantitative estimate of drug-likeness (QED) is 0.654. The lowest BCUT2D eigenvalue weighted by molar-refractivity contribution is 0.409. The van der Waals surface area contributed by atoms with Gasteiger partial charge in [0.1, 0.15) is 0 Å². The molecule has 0 aromatic rings. The Morgan fingerprint density at radius 2 is 1.75 bits per heavy atom. The molecule has 0 aliphatic carbocycles. The van der Waals surface area contributed by atoms with Gasteiger partial charge in [-0.25, -0.2) is 0 Å². The third kappa shape index (κ3) is 2.90. The van der Waals surface area contributed by atoms with Gasteiger partial charge < -0.3 is 4.80 Å².